The van der Waals surface area contributed by atoms with Crippen molar-refractivity contribution < 1.29 is 5.11 Å². The molecule has 0 spiro atoms. The summed E-state index contributed by atoms with van der Waals surface area (Å²) in [6.07, 6.45) is 3.22. The lowest BCUT2D eigenvalue weighted by molar-refractivity contribution is 0.474. The normalized spacial score (nSPS) is 10.5. The molecule has 0 amide bonds. The largest absolute Gasteiger partial charge is 0.507 e. The van der Waals surface area contributed by atoms with Gasteiger partial charge in [0.1, 0.15) is 11.6 Å². The summed E-state index contributed by atoms with van der Waals surface area (Å²) in [6.45, 7) is 0. The molecular weight excluding hydrogens is 202 g/mol. The molecule has 0 saturated heterocycles. The van der Waals surface area contributed by atoms with E-state index in [-0.39, 0.29) is 5.75 Å². The standard InChI is InChI=1S/C12H11N3O/c16-11-6-2-1-5-10(11)9-14-15-12-7-3-4-8-13-12/h1-9,16H,(H,13,15)/b14-9+. The minimum Gasteiger partial charge on any atom is -0.507 e. The lowest BCUT2D eigenvalue weighted by Gasteiger charge is -1.98. The van der Waals surface area contributed by atoms with Gasteiger partial charge in [-0.2, -0.15) is 5.10 Å². The smallest absolute Gasteiger partial charge is 0.146 e. The third kappa shape index (κ3) is 2.57. The summed E-state index contributed by atoms with van der Waals surface area (Å²) in [5, 5.41) is 13.4. The average Bonchev–Trinajstić information content (AvgIpc) is 2.33. The molecule has 80 valence electrons. The molecule has 0 aliphatic heterocycles. The van der Waals surface area contributed by atoms with E-state index in [4.69, 9.17) is 0 Å². The van der Waals surface area contributed by atoms with Crippen LogP contribution in [0, 0.1) is 0 Å². The monoisotopic (exact) mass is 213 g/mol. The molecule has 16 heavy (non-hydrogen) atoms. The molecule has 0 radical (unpaired) electrons. The fraction of sp³-hybridized carbons (Fsp3) is 0. The second kappa shape index (κ2) is 4.93. The maximum Gasteiger partial charge on any atom is 0.146 e. The number of aromatic nitrogens is 1. The van der Waals surface area contributed by atoms with E-state index in [2.05, 4.69) is 15.5 Å². The van der Waals surface area contributed by atoms with Crippen LogP contribution >= 0.6 is 0 Å². The molecule has 0 aliphatic rings. The molecule has 1 aromatic heterocycles. The summed E-state index contributed by atoms with van der Waals surface area (Å²) in [5.41, 5.74) is 3.43. The van der Waals surface area contributed by atoms with Crippen LogP contribution in [0.25, 0.3) is 0 Å². The predicted molar refractivity (Wildman–Crippen MR) is 63.6 cm³/mol. The van der Waals surface area contributed by atoms with Crippen LogP contribution in [0.3, 0.4) is 0 Å². The minimum atomic E-state index is 0.203. The molecular formula is C12H11N3O. The summed E-state index contributed by atoms with van der Waals surface area (Å²) in [4.78, 5) is 4.04. The molecule has 4 heteroatoms. The Morgan fingerprint density at radius 2 is 1.94 bits per heavy atom. The van der Waals surface area contributed by atoms with Crippen LogP contribution in [-0.4, -0.2) is 16.3 Å². The van der Waals surface area contributed by atoms with E-state index in [9.17, 15) is 5.11 Å². The quantitative estimate of drug-likeness (QED) is 0.607. The Labute approximate surface area is 93.3 Å². The van der Waals surface area contributed by atoms with Crippen molar-refractivity contribution in [3.63, 3.8) is 0 Å². The highest BCUT2D eigenvalue weighted by Gasteiger charge is 1.94. The second-order valence-electron chi connectivity index (χ2n) is 3.14. The van der Waals surface area contributed by atoms with Gasteiger partial charge in [0, 0.05) is 11.8 Å². The number of para-hydroxylation sites is 1. The zero-order valence-electron chi connectivity index (χ0n) is 8.54. The number of nitrogens with zero attached hydrogens (tertiary/aromatic N) is 2. The Balaban J connectivity index is 2.03. The number of pyridine rings is 1. The molecule has 4 nitrogen and oxygen atoms in total. The Hall–Kier alpha value is -2.36. The predicted octanol–water partition coefficient (Wildman–Crippen LogP) is 2.23. The lowest BCUT2D eigenvalue weighted by atomic mass is 10.2. The van der Waals surface area contributed by atoms with Crippen LogP contribution in [-0.2, 0) is 0 Å². The summed E-state index contributed by atoms with van der Waals surface area (Å²) >= 11 is 0. The zero-order chi connectivity index (χ0) is 11.2. The van der Waals surface area contributed by atoms with E-state index < -0.39 is 0 Å². The van der Waals surface area contributed by atoms with Crippen LogP contribution in [0.5, 0.6) is 5.75 Å². The maximum atomic E-state index is 9.47. The summed E-state index contributed by atoms with van der Waals surface area (Å²) in [5.74, 6) is 0.864. The van der Waals surface area contributed by atoms with E-state index in [1.54, 1.807) is 30.6 Å². The average molecular weight is 213 g/mol. The zero-order valence-corrected chi connectivity index (χ0v) is 8.54. The third-order valence-electron chi connectivity index (χ3n) is 1.98. The van der Waals surface area contributed by atoms with Crippen molar-refractivity contribution in [3.05, 3.63) is 54.2 Å². The van der Waals surface area contributed by atoms with Gasteiger partial charge in [-0.15, -0.1) is 0 Å². The highest BCUT2D eigenvalue weighted by atomic mass is 16.3. The fourth-order valence-corrected chi connectivity index (χ4v) is 1.19. The van der Waals surface area contributed by atoms with Gasteiger partial charge in [0.15, 0.2) is 0 Å². The van der Waals surface area contributed by atoms with E-state index in [1.165, 1.54) is 0 Å². The number of benzene rings is 1. The summed E-state index contributed by atoms with van der Waals surface area (Å²) < 4.78 is 0. The van der Waals surface area contributed by atoms with Gasteiger partial charge in [0.05, 0.1) is 6.21 Å². The first-order chi connectivity index (χ1) is 7.86. The van der Waals surface area contributed by atoms with Gasteiger partial charge in [-0.1, -0.05) is 18.2 Å². The number of hydrogen-bond donors (Lipinski definition) is 2. The Morgan fingerprint density at radius 1 is 1.12 bits per heavy atom. The third-order valence-corrected chi connectivity index (χ3v) is 1.98. The highest BCUT2D eigenvalue weighted by Crippen LogP contribution is 2.12. The number of nitrogens with one attached hydrogen (secondary N) is 1. The number of phenolic OH excluding ortho intramolecular Hbond substituents is 1. The molecule has 2 N–H and O–H groups in total. The fourth-order valence-electron chi connectivity index (χ4n) is 1.19. The summed E-state index contributed by atoms with van der Waals surface area (Å²) in [7, 11) is 0. The van der Waals surface area contributed by atoms with Crippen molar-refractivity contribution in [3.8, 4) is 5.75 Å². The Kier molecular flexibility index (Phi) is 3.13. The Morgan fingerprint density at radius 3 is 2.69 bits per heavy atom. The number of anilines is 1. The first kappa shape index (κ1) is 10.2. The SMILES string of the molecule is Oc1ccccc1/C=N/Nc1ccccn1. The van der Waals surface area contributed by atoms with Crippen molar-refractivity contribution in [2.45, 2.75) is 0 Å². The number of rotatable bonds is 3. The molecule has 2 rings (SSSR count). The van der Waals surface area contributed by atoms with E-state index >= 15 is 0 Å². The van der Waals surface area contributed by atoms with E-state index in [0.717, 1.165) is 0 Å². The number of hydrogen-bond acceptors (Lipinski definition) is 4. The van der Waals surface area contributed by atoms with Crippen molar-refractivity contribution in [2.75, 3.05) is 5.43 Å². The number of hydrazone groups is 1. The van der Waals surface area contributed by atoms with Gasteiger partial charge in [-0.05, 0) is 24.3 Å². The van der Waals surface area contributed by atoms with Crippen molar-refractivity contribution in [1.82, 2.24) is 4.98 Å². The van der Waals surface area contributed by atoms with Gasteiger partial charge in [-0.25, -0.2) is 4.98 Å². The molecule has 2 aromatic rings. The highest BCUT2D eigenvalue weighted by molar-refractivity contribution is 5.83. The van der Waals surface area contributed by atoms with Crippen LogP contribution in [0.15, 0.2) is 53.8 Å². The van der Waals surface area contributed by atoms with Gasteiger partial charge >= 0.3 is 0 Å². The number of phenols is 1. The van der Waals surface area contributed by atoms with Crippen molar-refractivity contribution in [1.29, 1.82) is 0 Å². The van der Waals surface area contributed by atoms with Gasteiger partial charge < -0.3 is 5.11 Å². The number of aromatic hydroxyl groups is 1. The maximum absolute atomic E-state index is 9.47. The molecule has 0 bridgehead atoms. The van der Waals surface area contributed by atoms with Crippen molar-refractivity contribution >= 4 is 12.0 Å². The van der Waals surface area contributed by atoms with Crippen molar-refractivity contribution in [2.24, 2.45) is 5.10 Å². The van der Waals surface area contributed by atoms with Gasteiger partial charge in [-0.3, -0.25) is 5.43 Å². The van der Waals surface area contributed by atoms with Crippen LogP contribution in [0.2, 0.25) is 0 Å². The first-order valence-electron chi connectivity index (χ1n) is 4.84. The van der Waals surface area contributed by atoms with E-state index in [0.29, 0.717) is 11.4 Å². The molecule has 1 aromatic carbocycles. The topological polar surface area (TPSA) is 57.5 Å². The second-order valence-corrected chi connectivity index (χ2v) is 3.14. The summed E-state index contributed by atoms with van der Waals surface area (Å²) in [6, 6.07) is 12.5. The molecule has 0 aliphatic carbocycles. The van der Waals surface area contributed by atoms with Crippen LogP contribution in [0.4, 0.5) is 5.82 Å². The molecule has 0 atom stereocenters. The van der Waals surface area contributed by atoms with Crippen LogP contribution in [0.1, 0.15) is 5.56 Å². The molecule has 0 fully saturated rings. The van der Waals surface area contributed by atoms with Crippen LogP contribution < -0.4 is 5.43 Å². The first-order valence-corrected chi connectivity index (χ1v) is 4.84. The lowest BCUT2D eigenvalue weighted by Crippen LogP contribution is -1.92. The van der Waals surface area contributed by atoms with Gasteiger partial charge in [0.25, 0.3) is 0 Å². The van der Waals surface area contributed by atoms with Gasteiger partial charge in [0.2, 0.25) is 0 Å². The molecule has 1 heterocycles. The van der Waals surface area contributed by atoms with E-state index in [1.807, 2.05) is 24.3 Å². The minimum absolute atomic E-state index is 0.203. The Bertz CT molecular complexity index is 483. The molecule has 0 saturated carbocycles. The molecule has 0 unspecified atom stereocenters.